The second-order valence-electron chi connectivity index (χ2n) is 9.54. The molecule has 0 saturated carbocycles. The Morgan fingerprint density at radius 3 is 2.37 bits per heavy atom. The van der Waals surface area contributed by atoms with Crippen molar-refractivity contribution in [3.63, 3.8) is 0 Å². The van der Waals surface area contributed by atoms with Gasteiger partial charge in [-0.25, -0.2) is 0 Å². The summed E-state index contributed by atoms with van der Waals surface area (Å²) in [5.41, 5.74) is 13.5. The Bertz CT molecular complexity index is 1180. The van der Waals surface area contributed by atoms with Crippen LogP contribution in [0.5, 0.6) is 0 Å². The largest absolute Gasteiger partial charge is 0.430 e. The standard InChI is InChI=1S/C29H35F3N4O2/c1-4-22(11-13-25(34)29(30,31)32)14-15-36(24-12-10-20(2)21(3)16-24)27(37)26(23-8-6-5-7-9-23)35-28(17-33)18-38-19-28/h4-13,16,26,35H,1,14-15,17-19,33-34H2,2-3H3/b22-11+,25-13-/t26-/m0/s1. The van der Waals surface area contributed by atoms with E-state index in [0.29, 0.717) is 31.0 Å². The number of alkyl halides is 3. The maximum Gasteiger partial charge on any atom is 0.430 e. The minimum atomic E-state index is -4.62. The van der Waals surface area contributed by atoms with E-state index in [1.807, 2.05) is 62.4 Å². The zero-order valence-corrected chi connectivity index (χ0v) is 21.7. The second-order valence-corrected chi connectivity index (χ2v) is 9.54. The predicted octanol–water partition coefficient (Wildman–Crippen LogP) is 4.60. The number of aryl methyl sites for hydroxylation is 2. The summed E-state index contributed by atoms with van der Waals surface area (Å²) in [5, 5.41) is 3.44. The number of allylic oxidation sites excluding steroid dienone is 4. The van der Waals surface area contributed by atoms with Crippen LogP contribution in [0.1, 0.15) is 29.2 Å². The Hall–Kier alpha value is -3.40. The molecule has 1 amide bonds. The Morgan fingerprint density at radius 1 is 1.16 bits per heavy atom. The van der Waals surface area contributed by atoms with Crippen molar-refractivity contribution < 1.29 is 22.7 Å². The molecule has 204 valence electrons. The summed E-state index contributed by atoms with van der Waals surface area (Å²) in [4.78, 5) is 15.9. The highest BCUT2D eigenvalue weighted by molar-refractivity contribution is 5.98. The van der Waals surface area contributed by atoms with E-state index in [-0.39, 0.29) is 18.9 Å². The number of nitrogens with zero attached hydrogens (tertiary/aromatic N) is 1. The molecule has 2 aromatic carbocycles. The molecule has 1 saturated heterocycles. The molecule has 6 nitrogen and oxygen atoms in total. The van der Waals surface area contributed by atoms with Crippen molar-refractivity contribution in [2.45, 2.75) is 38.0 Å². The van der Waals surface area contributed by atoms with Crippen LogP contribution in [0.15, 0.2) is 84.6 Å². The Morgan fingerprint density at radius 2 is 1.84 bits per heavy atom. The average Bonchev–Trinajstić information content (AvgIpc) is 2.87. The summed E-state index contributed by atoms with van der Waals surface area (Å²) in [6.07, 6.45) is -0.805. The van der Waals surface area contributed by atoms with Crippen molar-refractivity contribution in [3.8, 4) is 0 Å². The van der Waals surface area contributed by atoms with Crippen molar-refractivity contribution in [1.29, 1.82) is 0 Å². The number of halogens is 3. The molecule has 5 N–H and O–H groups in total. The molecule has 3 rings (SSSR count). The van der Waals surface area contributed by atoms with Gasteiger partial charge in [-0.3, -0.25) is 10.1 Å². The van der Waals surface area contributed by atoms with Crippen LogP contribution >= 0.6 is 0 Å². The number of nitrogens with two attached hydrogens (primary N) is 2. The summed E-state index contributed by atoms with van der Waals surface area (Å²) < 4.78 is 43.9. The molecular weight excluding hydrogens is 493 g/mol. The minimum Gasteiger partial charge on any atom is -0.395 e. The van der Waals surface area contributed by atoms with E-state index in [2.05, 4.69) is 11.9 Å². The molecular formula is C29H35F3N4O2. The number of amides is 1. The van der Waals surface area contributed by atoms with Gasteiger partial charge in [-0.2, -0.15) is 13.2 Å². The van der Waals surface area contributed by atoms with Crippen molar-refractivity contribution in [1.82, 2.24) is 5.32 Å². The third-order valence-corrected chi connectivity index (χ3v) is 6.74. The van der Waals surface area contributed by atoms with Crippen LogP contribution in [0.4, 0.5) is 18.9 Å². The van der Waals surface area contributed by atoms with E-state index in [0.717, 1.165) is 22.8 Å². The molecule has 0 bridgehead atoms. The Labute approximate surface area is 221 Å². The van der Waals surface area contributed by atoms with E-state index in [1.54, 1.807) is 4.90 Å². The van der Waals surface area contributed by atoms with Crippen molar-refractivity contribution in [2.75, 3.05) is 31.2 Å². The first-order chi connectivity index (χ1) is 18.0. The Kier molecular flexibility index (Phi) is 9.54. The quantitative estimate of drug-likeness (QED) is 0.371. The van der Waals surface area contributed by atoms with Gasteiger partial charge >= 0.3 is 6.18 Å². The first kappa shape index (κ1) is 29.2. The number of hydrogen-bond acceptors (Lipinski definition) is 5. The third-order valence-electron chi connectivity index (χ3n) is 6.74. The number of carbonyl (C=O) groups is 1. The van der Waals surface area contributed by atoms with Crippen LogP contribution in [-0.2, 0) is 9.53 Å². The lowest BCUT2D eigenvalue weighted by Gasteiger charge is -2.44. The highest BCUT2D eigenvalue weighted by Gasteiger charge is 2.42. The summed E-state index contributed by atoms with van der Waals surface area (Å²) >= 11 is 0. The molecule has 0 radical (unpaired) electrons. The molecule has 0 aliphatic carbocycles. The van der Waals surface area contributed by atoms with Gasteiger partial charge in [0.1, 0.15) is 11.7 Å². The van der Waals surface area contributed by atoms with Crippen LogP contribution in [-0.4, -0.2) is 43.9 Å². The van der Waals surface area contributed by atoms with Gasteiger partial charge in [0, 0.05) is 18.8 Å². The third kappa shape index (κ3) is 7.12. The highest BCUT2D eigenvalue weighted by atomic mass is 19.4. The average molecular weight is 529 g/mol. The zero-order valence-electron chi connectivity index (χ0n) is 21.7. The van der Waals surface area contributed by atoms with Gasteiger partial charge in [-0.1, -0.05) is 55.1 Å². The molecule has 1 fully saturated rings. The monoisotopic (exact) mass is 528 g/mol. The van der Waals surface area contributed by atoms with Gasteiger partial charge in [-0.05, 0) is 60.7 Å². The molecule has 1 heterocycles. The van der Waals surface area contributed by atoms with Gasteiger partial charge in [0.25, 0.3) is 0 Å². The molecule has 2 aromatic rings. The van der Waals surface area contributed by atoms with Crippen molar-refractivity contribution in [2.24, 2.45) is 11.5 Å². The number of carbonyl (C=O) groups excluding carboxylic acids is 1. The molecule has 1 atom stereocenters. The zero-order chi connectivity index (χ0) is 27.9. The Balaban J connectivity index is 1.97. The predicted molar refractivity (Wildman–Crippen MR) is 144 cm³/mol. The van der Waals surface area contributed by atoms with E-state index in [9.17, 15) is 18.0 Å². The van der Waals surface area contributed by atoms with Crippen LogP contribution in [0, 0.1) is 13.8 Å². The fraction of sp³-hybridized carbons (Fsp3) is 0.345. The first-order valence-corrected chi connectivity index (χ1v) is 12.3. The number of hydrogen-bond donors (Lipinski definition) is 3. The lowest BCUT2D eigenvalue weighted by molar-refractivity contribution is -0.124. The molecule has 0 unspecified atom stereocenters. The smallest absolute Gasteiger partial charge is 0.395 e. The normalized spacial score (nSPS) is 16.5. The lowest BCUT2D eigenvalue weighted by Crippen LogP contribution is -2.66. The maximum absolute atomic E-state index is 14.2. The number of rotatable bonds is 11. The summed E-state index contributed by atoms with van der Waals surface area (Å²) in [6, 6.07) is 14.4. The molecule has 1 aliphatic rings. The van der Waals surface area contributed by atoms with Gasteiger partial charge in [-0.15, -0.1) is 0 Å². The van der Waals surface area contributed by atoms with Crippen LogP contribution < -0.4 is 21.7 Å². The van der Waals surface area contributed by atoms with E-state index in [4.69, 9.17) is 16.2 Å². The van der Waals surface area contributed by atoms with Crippen LogP contribution in [0.3, 0.4) is 0 Å². The molecule has 9 heteroatoms. The molecule has 38 heavy (non-hydrogen) atoms. The lowest BCUT2D eigenvalue weighted by atomic mass is 9.93. The summed E-state index contributed by atoms with van der Waals surface area (Å²) in [6.45, 7) is 8.94. The van der Waals surface area contributed by atoms with Gasteiger partial charge in [0.05, 0.1) is 18.8 Å². The van der Waals surface area contributed by atoms with Gasteiger partial charge < -0.3 is 21.1 Å². The SMILES string of the molecule is C=C/C(=C\C=C(/N)C(F)(F)F)CCN(C(=O)[C@@H](NC1(CN)COC1)c1ccccc1)c1ccc(C)c(C)c1. The van der Waals surface area contributed by atoms with Crippen molar-refractivity contribution in [3.05, 3.63) is 101 Å². The molecule has 1 aliphatic heterocycles. The summed E-state index contributed by atoms with van der Waals surface area (Å²) in [7, 11) is 0. The molecule has 0 spiro atoms. The molecule has 0 aromatic heterocycles. The summed E-state index contributed by atoms with van der Waals surface area (Å²) in [5.74, 6) is -0.215. The fourth-order valence-electron chi connectivity index (χ4n) is 4.05. The van der Waals surface area contributed by atoms with Gasteiger partial charge in [0.15, 0.2) is 0 Å². The van der Waals surface area contributed by atoms with E-state index >= 15 is 0 Å². The van der Waals surface area contributed by atoms with Crippen LogP contribution in [0.2, 0.25) is 0 Å². The van der Waals surface area contributed by atoms with E-state index < -0.39 is 23.5 Å². The number of anilines is 1. The van der Waals surface area contributed by atoms with E-state index in [1.165, 1.54) is 12.2 Å². The fourth-order valence-corrected chi connectivity index (χ4v) is 4.05. The number of benzene rings is 2. The number of ether oxygens (including phenoxy) is 1. The number of nitrogens with one attached hydrogen (secondary N) is 1. The topological polar surface area (TPSA) is 93.6 Å². The highest BCUT2D eigenvalue weighted by Crippen LogP contribution is 2.28. The second kappa shape index (κ2) is 12.4. The maximum atomic E-state index is 14.2. The van der Waals surface area contributed by atoms with Crippen molar-refractivity contribution >= 4 is 11.6 Å². The van der Waals surface area contributed by atoms with Crippen LogP contribution in [0.25, 0.3) is 0 Å². The van der Waals surface area contributed by atoms with Gasteiger partial charge in [0.2, 0.25) is 5.91 Å². The first-order valence-electron chi connectivity index (χ1n) is 12.3. The minimum absolute atomic E-state index is 0.204.